The van der Waals surface area contributed by atoms with Crippen molar-refractivity contribution in [3.05, 3.63) is 71.2 Å². The van der Waals surface area contributed by atoms with Crippen molar-refractivity contribution in [2.75, 3.05) is 11.4 Å². The average Bonchev–Trinajstić information content (AvgIpc) is 3.20. The number of benzene rings is 2. The number of rotatable bonds is 4. The zero-order valence-corrected chi connectivity index (χ0v) is 16.7. The molecule has 0 saturated carbocycles. The van der Waals surface area contributed by atoms with Gasteiger partial charge in [0.25, 0.3) is 5.91 Å². The largest absolute Gasteiger partial charge is 0.419 e. The number of fused-ring (bicyclic) bond motifs is 1. The maximum atomic E-state index is 13.8. The van der Waals surface area contributed by atoms with Gasteiger partial charge in [-0.3, -0.25) is 14.3 Å². The molecule has 0 spiro atoms. The van der Waals surface area contributed by atoms with E-state index in [2.05, 4.69) is 5.10 Å². The number of alkyl halides is 3. The number of ketones is 1. The molecular formula is C22H17F4N3O3. The molecular weight excluding hydrogens is 430 g/mol. The van der Waals surface area contributed by atoms with E-state index < -0.39 is 35.4 Å². The Morgan fingerprint density at radius 3 is 2.50 bits per heavy atom. The van der Waals surface area contributed by atoms with Gasteiger partial charge in [0.1, 0.15) is 5.82 Å². The lowest BCUT2D eigenvalue weighted by atomic mass is 9.95. The van der Waals surface area contributed by atoms with E-state index in [0.29, 0.717) is 28.6 Å². The van der Waals surface area contributed by atoms with Gasteiger partial charge in [-0.25, -0.2) is 4.39 Å². The molecule has 166 valence electrons. The van der Waals surface area contributed by atoms with Crippen molar-refractivity contribution in [1.82, 2.24) is 9.78 Å². The molecule has 32 heavy (non-hydrogen) atoms. The molecule has 0 saturated heterocycles. The molecule has 6 nitrogen and oxygen atoms in total. The first-order valence-corrected chi connectivity index (χ1v) is 9.67. The lowest BCUT2D eigenvalue weighted by Gasteiger charge is -2.30. The predicted molar refractivity (Wildman–Crippen MR) is 107 cm³/mol. The molecule has 1 aliphatic rings. The third kappa shape index (κ3) is 3.77. The minimum absolute atomic E-state index is 0.0375. The summed E-state index contributed by atoms with van der Waals surface area (Å²) in [6.45, 7) is 2.05. The number of nitrogens with zero attached hydrogens (tertiary/aromatic N) is 3. The van der Waals surface area contributed by atoms with Crippen LogP contribution in [0.1, 0.15) is 28.4 Å². The van der Waals surface area contributed by atoms with Crippen LogP contribution in [0.15, 0.2) is 48.7 Å². The van der Waals surface area contributed by atoms with Crippen molar-refractivity contribution >= 4 is 17.4 Å². The average molecular weight is 447 g/mol. The number of halogens is 4. The highest BCUT2D eigenvalue weighted by Crippen LogP contribution is 2.33. The quantitative estimate of drug-likeness (QED) is 0.489. The maximum Gasteiger partial charge on any atom is 0.419 e. The lowest BCUT2D eigenvalue weighted by molar-refractivity contribution is -0.140. The first-order chi connectivity index (χ1) is 15.1. The molecule has 2 aromatic carbocycles. The van der Waals surface area contributed by atoms with Gasteiger partial charge in [-0.1, -0.05) is 12.1 Å². The van der Waals surface area contributed by atoms with Gasteiger partial charge < -0.3 is 10.0 Å². The summed E-state index contributed by atoms with van der Waals surface area (Å²) in [5, 5.41) is 14.3. The van der Waals surface area contributed by atoms with Crippen molar-refractivity contribution in [3.63, 3.8) is 0 Å². The first kappa shape index (κ1) is 21.7. The fraction of sp³-hybridized carbons (Fsp3) is 0.227. The number of likely N-dealkylation sites (N-methyl/N-ethyl adjacent to an activating group) is 1. The molecule has 0 bridgehead atoms. The number of aliphatic hydroxyl groups is 1. The zero-order valence-electron chi connectivity index (χ0n) is 16.7. The summed E-state index contributed by atoms with van der Waals surface area (Å²) in [5.41, 5.74) is 0.565. The molecule has 4 rings (SSSR count). The van der Waals surface area contributed by atoms with Gasteiger partial charge >= 0.3 is 6.18 Å². The number of hydrogen-bond donors (Lipinski definition) is 1. The Bertz CT molecular complexity index is 1220. The molecule has 0 fully saturated rings. The molecule has 1 aliphatic heterocycles. The van der Waals surface area contributed by atoms with Crippen molar-refractivity contribution in [2.24, 2.45) is 0 Å². The second kappa shape index (κ2) is 7.86. The smallest absolute Gasteiger partial charge is 0.376 e. The Kier molecular flexibility index (Phi) is 5.33. The molecule has 1 N–H and O–H groups in total. The van der Waals surface area contributed by atoms with Crippen LogP contribution in [-0.2, 0) is 17.5 Å². The van der Waals surface area contributed by atoms with Crippen LogP contribution in [0.25, 0.3) is 11.3 Å². The van der Waals surface area contributed by atoms with Gasteiger partial charge in [0, 0.05) is 23.9 Å². The minimum atomic E-state index is -4.77. The number of anilines is 1. The molecule has 1 aromatic heterocycles. The highest BCUT2D eigenvalue weighted by molar-refractivity contribution is 6.23. The van der Waals surface area contributed by atoms with Crippen LogP contribution in [0.2, 0.25) is 0 Å². The Balaban J connectivity index is 1.60. The van der Waals surface area contributed by atoms with Gasteiger partial charge in [0.2, 0.25) is 5.78 Å². The fourth-order valence-corrected chi connectivity index (χ4v) is 3.66. The van der Waals surface area contributed by atoms with Crippen molar-refractivity contribution in [3.8, 4) is 11.3 Å². The molecule has 0 aliphatic carbocycles. The van der Waals surface area contributed by atoms with E-state index in [1.165, 1.54) is 21.7 Å². The summed E-state index contributed by atoms with van der Waals surface area (Å²) < 4.78 is 53.4. The summed E-state index contributed by atoms with van der Waals surface area (Å²) in [7, 11) is 0. The third-order valence-corrected chi connectivity index (χ3v) is 5.24. The second-order valence-corrected chi connectivity index (χ2v) is 7.29. The Morgan fingerprint density at radius 1 is 1.09 bits per heavy atom. The summed E-state index contributed by atoms with van der Waals surface area (Å²) in [6.07, 6.45) is -4.95. The monoisotopic (exact) mass is 447 g/mol. The van der Waals surface area contributed by atoms with Crippen LogP contribution < -0.4 is 4.90 Å². The van der Waals surface area contributed by atoms with E-state index in [9.17, 15) is 32.3 Å². The molecule has 1 amide bonds. The number of amides is 1. The number of hydrogen-bond acceptors (Lipinski definition) is 4. The number of carbonyl (C=O) groups is 2. The summed E-state index contributed by atoms with van der Waals surface area (Å²) in [5.74, 6) is -2.73. The Labute approximate surface area is 179 Å². The Morgan fingerprint density at radius 2 is 1.84 bits per heavy atom. The number of Topliss-reactive ketones (excluding diaryl/α,β-unsaturated/α-hetero) is 1. The van der Waals surface area contributed by atoms with E-state index in [0.717, 1.165) is 6.07 Å². The standard InChI is InChI=1S/C22H17F4N3O3/c1-2-29-18-6-4-13(10-14(18)19(30)20(31)21(29)32)17-7-8-28(27-17)11-12-3-5-15(16(23)9-12)22(24,25)26/h3-10,20,31H,2,11H2,1H3. The molecule has 2 heterocycles. The second-order valence-electron chi connectivity index (χ2n) is 7.29. The van der Waals surface area contributed by atoms with Gasteiger partial charge in [-0.2, -0.15) is 18.3 Å². The van der Waals surface area contributed by atoms with E-state index in [-0.39, 0.29) is 18.7 Å². The van der Waals surface area contributed by atoms with Crippen molar-refractivity contribution < 1.29 is 32.3 Å². The normalized spacial score (nSPS) is 16.4. The van der Waals surface area contributed by atoms with Crippen LogP contribution in [0.3, 0.4) is 0 Å². The van der Waals surface area contributed by atoms with Gasteiger partial charge in [0.05, 0.1) is 23.5 Å². The highest BCUT2D eigenvalue weighted by atomic mass is 19.4. The van der Waals surface area contributed by atoms with Crippen LogP contribution in [0.5, 0.6) is 0 Å². The van der Waals surface area contributed by atoms with Crippen LogP contribution in [-0.4, -0.2) is 39.2 Å². The summed E-state index contributed by atoms with van der Waals surface area (Å²) in [4.78, 5) is 25.8. The van der Waals surface area contributed by atoms with E-state index in [1.807, 2.05) is 0 Å². The van der Waals surface area contributed by atoms with Crippen molar-refractivity contribution in [2.45, 2.75) is 25.7 Å². The van der Waals surface area contributed by atoms with Gasteiger partial charge in [0.15, 0.2) is 6.10 Å². The van der Waals surface area contributed by atoms with Gasteiger partial charge in [-0.15, -0.1) is 0 Å². The fourth-order valence-electron chi connectivity index (χ4n) is 3.66. The zero-order chi connectivity index (χ0) is 23.2. The van der Waals surface area contributed by atoms with Crippen molar-refractivity contribution in [1.29, 1.82) is 0 Å². The first-order valence-electron chi connectivity index (χ1n) is 9.67. The highest BCUT2D eigenvalue weighted by Gasteiger charge is 2.37. The van der Waals surface area contributed by atoms with Crippen LogP contribution >= 0.6 is 0 Å². The number of aromatic nitrogens is 2. The lowest BCUT2D eigenvalue weighted by Crippen LogP contribution is -2.48. The van der Waals surface area contributed by atoms with E-state index in [4.69, 9.17) is 0 Å². The molecule has 0 radical (unpaired) electrons. The topological polar surface area (TPSA) is 75.4 Å². The maximum absolute atomic E-state index is 13.8. The SMILES string of the molecule is CCN1C(=O)C(O)C(=O)c2cc(-c3ccn(Cc4ccc(C(F)(F)F)c(F)c4)n3)ccc21. The van der Waals surface area contributed by atoms with Crippen LogP contribution in [0.4, 0.5) is 23.2 Å². The van der Waals surface area contributed by atoms with E-state index >= 15 is 0 Å². The van der Waals surface area contributed by atoms with Crippen LogP contribution in [0, 0.1) is 5.82 Å². The minimum Gasteiger partial charge on any atom is -0.376 e. The number of carbonyl (C=O) groups excluding carboxylic acids is 2. The molecule has 10 heteroatoms. The molecule has 3 aromatic rings. The Hall–Kier alpha value is -3.53. The summed E-state index contributed by atoms with van der Waals surface area (Å²) >= 11 is 0. The predicted octanol–water partition coefficient (Wildman–Crippen LogP) is 3.67. The van der Waals surface area contributed by atoms with E-state index in [1.54, 1.807) is 31.3 Å². The molecule has 1 unspecified atom stereocenters. The number of aliphatic hydroxyl groups excluding tert-OH is 1. The summed E-state index contributed by atoms with van der Waals surface area (Å²) in [6, 6.07) is 9.12. The third-order valence-electron chi connectivity index (χ3n) is 5.24. The molecule has 1 atom stereocenters. The van der Waals surface area contributed by atoms with Gasteiger partial charge in [-0.05, 0) is 42.8 Å².